The van der Waals surface area contributed by atoms with Gasteiger partial charge in [-0.2, -0.15) is 0 Å². The van der Waals surface area contributed by atoms with E-state index in [0.717, 1.165) is 5.69 Å². The number of nitrogens with zero attached hydrogens (tertiary/aromatic N) is 2. The van der Waals surface area contributed by atoms with Crippen molar-refractivity contribution in [2.75, 3.05) is 19.1 Å². The maximum Gasteiger partial charge on any atom is 0.244 e. The lowest BCUT2D eigenvalue weighted by molar-refractivity contribution is -0.123. The van der Waals surface area contributed by atoms with Crippen LogP contribution in [0.4, 0.5) is 5.69 Å². The summed E-state index contributed by atoms with van der Waals surface area (Å²) in [6, 6.07) is 9.66. The quantitative estimate of drug-likeness (QED) is 0.707. The smallest absolute Gasteiger partial charge is 0.244 e. The van der Waals surface area contributed by atoms with Gasteiger partial charge in [-0.05, 0) is 12.1 Å². The Morgan fingerprint density at radius 1 is 1.13 bits per heavy atom. The summed E-state index contributed by atoms with van der Waals surface area (Å²) in [5.41, 5.74) is 0.904. The highest BCUT2D eigenvalue weighted by atomic mass is 16.2. The van der Waals surface area contributed by atoms with Crippen LogP contribution in [0.2, 0.25) is 0 Å². The topological polar surface area (TPSA) is 23.6 Å². The summed E-state index contributed by atoms with van der Waals surface area (Å²) < 4.78 is 0. The average molecular weight is 206 g/mol. The number of carbonyl (C=O) groups excluding carboxylic acids is 1. The Morgan fingerprint density at radius 2 is 1.67 bits per heavy atom. The highest BCUT2D eigenvalue weighted by Crippen LogP contribution is 2.16. The van der Waals surface area contributed by atoms with Gasteiger partial charge in [0.05, 0.1) is 5.69 Å². The van der Waals surface area contributed by atoms with E-state index in [9.17, 15) is 4.79 Å². The molecule has 1 aromatic carbocycles. The molecule has 0 saturated heterocycles. The molecule has 0 aromatic heterocycles. The number of hydrogen-bond acceptors (Lipinski definition) is 2. The average Bonchev–Trinajstić information content (AvgIpc) is 2.18. The number of hydrazine groups is 1. The van der Waals surface area contributed by atoms with Crippen molar-refractivity contribution in [2.45, 2.75) is 13.8 Å². The van der Waals surface area contributed by atoms with E-state index in [1.165, 1.54) is 0 Å². The van der Waals surface area contributed by atoms with Crippen LogP contribution < -0.4 is 5.01 Å². The van der Waals surface area contributed by atoms with Gasteiger partial charge in [-0.25, -0.2) is 10.0 Å². The van der Waals surface area contributed by atoms with Crippen LogP contribution in [0.15, 0.2) is 30.3 Å². The van der Waals surface area contributed by atoms with Gasteiger partial charge in [0.2, 0.25) is 5.91 Å². The molecule has 0 aliphatic rings. The summed E-state index contributed by atoms with van der Waals surface area (Å²) in [5, 5.41) is 3.49. The molecule has 82 valence electrons. The lowest BCUT2D eigenvalue weighted by Gasteiger charge is -2.30. The first-order valence-corrected chi connectivity index (χ1v) is 5.10. The van der Waals surface area contributed by atoms with Gasteiger partial charge in [-0.15, -0.1) is 0 Å². The molecule has 0 radical (unpaired) electrons. The fourth-order valence-electron chi connectivity index (χ4n) is 1.37. The van der Waals surface area contributed by atoms with E-state index in [4.69, 9.17) is 0 Å². The first-order valence-electron chi connectivity index (χ1n) is 5.10. The summed E-state index contributed by atoms with van der Waals surface area (Å²) >= 11 is 0. The minimum absolute atomic E-state index is 0.00685. The molecule has 0 aliphatic carbocycles. The van der Waals surface area contributed by atoms with Crippen LogP contribution in [0.1, 0.15) is 13.8 Å². The van der Waals surface area contributed by atoms with Crippen molar-refractivity contribution >= 4 is 11.6 Å². The summed E-state index contributed by atoms with van der Waals surface area (Å²) in [6.07, 6.45) is 0. The predicted octanol–water partition coefficient (Wildman–Crippen LogP) is 2.15. The van der Waals surface area contributed by atoms with Crippen LogP contribution in [0, 0.1) is 5.92 Å². The van der Waals surface area contributed by atoms with Crippen molar-refractivity contribution < 1.29 is 4.79 Å². The second kappa shape index (κ2) is 4.94. The lowest BCUT2D eigenvalue weighted by Crippen LogP contribution is -2.44. The van der Waals surface area contributed by atoms with Crippen LogP contribution >= 0.6 is 0 Å². The SMILES string of the molecule is CC(C)C(=O)N(c1ccccc1)N(C)C. The third-order valence-corrected chi connectivity index (χ3v) is 2.10. The van der Waals surface area contributed by atoms with Gasteiger partial charge >= 0.3 is 0 Å². The van der Waals surface area contributed by atoms with E-state index < -0.39 is 0 Å². The van der Waals surface area contributed by atoms with Gasteiger partial charge in [0.1, 0.15) is 0 Å². The number of rotatable bonds is 3. The standard InChI is InChI=1S/C12H18N2O/c1-10(2)12(15)14(13(3)4)11-8-6-5-7-9-11/h5-10H,1-4H3. The van der Waals surface area contributed by atoms with Crippen LogP contribution in [-0.4, -0.2) is 25.0 Å². The fourth-order valence-corrected chi connectivity index (χ4v) is 1.37. The molecule has 0 saturated carbocycles. The second-order valence-corrected chi connectivity index (χ2v) is 3.99. The van der Waals surface area contributed by atoms with Crippen LogP contribution in [0.5, 0.6) is 0 Å². The molecule has 0 bridgehead atoms. The van der Waals surface area contributed by atoms with Gasteiger partial charge in [0.25, 0.3) is 0 Å². The van der Waals surface area contributed by atoms with Crippen molar-refractivity contribution in [2.24, 2.45) is 5.92 Å². The Hall–Kier alpha value is -1.35. The number of hydrogen-bond donors (Lipinski definition) is 0. The minimum Gasteiger partial charge on any atom is -0.273 e. The normalized spacial score (nSPS) is 10.8. The highest BCUT2D eigenvalue weighted by Gasteiger charge is 2.20. The van der Waals surface area contributed by atoms with Crippen molar-refractivity contribution in [1.82, 2.24) is 5.01 Å². The van der Waals surface area contributed by atoms with Gasteiger partial charge in [-0.1, -0.05) is 32.0 Å². The largest absolute Gasteiger partial charge is 0.273 e. The van der Waals surface area contributed by atoms with Gasteiger partial charge in [0, 0.05) is 20.0 Å². The van der Waals surface area contributed by atoms with E-state index in [0.29, 0.717) is 0 Å². The summed E-state index contributed by atoms with van der Waals surface area (Å²) in [6.45, 7) is 3.81. The first kappa shape index (κ1) is 11.7. The number of carbonyl (C=O) groups is 1. The summed E-state index contributed by atoms with van der Waals surface area (Å²) in [5.74, 6) is 0.0961. The van der Waals surface area contributed by atoms with Gasteiger partial charge in [-0.3, -0.25) is 4.79 Å². The molecule has 1 amide bonds. The Bertz CT molecular complexity index is 320. The lowest BCUT2D eigenvalue weighted by atomic mass is 10.2. The zero-order chi connectivity index (χ0) is 11.4. The predicted molar refractivity (Wildman–Crippen MR) is 62.5 cm³/mol. The van der Waals surface area contributed by atoms with Crippen molar-refractivity contribution in [3.63, 3.8) is 0 Å². The van der Waals surface area contributed by atoms with Gasteiger partial charge < -0.3 is 0 Å². The molecule has 3 nitrogen and oxygen atoms in total. The van der Waals surface area contributed by atoms with E-state index in [2.05, 4.69) is 0 Å². The maximum atomic E-state index is 12.0. The minimum atomic E-state index is -0.00685. The highest BCUT2D eigenvalue weighted by molar-refractivity contribution is 5.93. The molecule has 15 heavy (non-hydrogen) atoms. The third kappa shape index (κ3) is 2.80. The zero-order valence-corrected chi connectivity index (χ0v) is 9.77. The van der Waals surface area contributed by atoms with Crippen molar-refractivity contribution in [3.8, 4) is 0 Å². The molecule has 0 aliphatic heterocycles. The Labute approximate surface area is 91.3 Å². The molecule has 0 heterocycles. The molecule has 0 spiro atoms. The maximum absolute atomic E-state index is 12.0. The van der Waals surface area contributed by atoms with Crippen LogP contribution in [0.25, 0.3) is 0 Å². The Morgan fingerprint density at radius 3 is 2.07 bits per heavy atom. The number of benzene rings is 1. The van der Waals surface area contributed by atoms with Crippen LogP contribution in [-0.2, 0) is 4.79 Å². The van der Waals surface area contributed by atoms with Crippen molar-refractivity contribution in [1.29, 1.82) is 0 Å². The molecule has 0 fully saturated rings. The molecule has 0 atom stereocenters. The van der Waals surface area contributed by atoms with E-state index in [1.807, 2.05) is 58.3 Å². The number of amides is 1. The number of para-hydroxylation sites is 1. The first-order chi connectivity index (χ1) is 7.04. The van der Waals surface area contributed by atoms with E-state index in [-0.39, 0.29) is 11.8 Å². The Balaban J connectivity index is 2.99. The van der Waals surface area contributed by atoms with E-state index >= 15 is 0 Å². The zero-order valence-electron chi connectivity index (χ0n) is 9.77. The third-order valence-electron chi connectivity index (χ3n) is 2.10. The summed E-state index contributed by atoms with van der Waals surface area (Å²) in [4.78, 5) is 12.0. The molecule has 0 N–H and O–H groups in total. The molecular weight excluding hydrogens is 188 g/mol. The molecule has 3 heteroatoms. The van der Waals surface area contributed by atoms with E-state index in [1.54, 1.807) is 10.0 Å². The van der Waals surface area contributed by atoms with Gasteiger partial charge in [0.15, 0.2) is 0 Å². The van der Waals surface area contributed by atoms with Crippen LogP contribution in [0.3, 0.4) is 0 Å². The molecule has 1 aromatic rings. The Kier molecular flexibility index (Phi) is 3.86. The van der Waals surface area contributed by atoms with Crippen molar-refractivity contribution in [3.05, 3.63) is 30.3 Å². The molecule has 0 unspecified atom stereocenters. The fraction of sp³-hybridized carbons (Fsp3) is 0.417. The molecular formula is C12H18N2O. The molecule has 1 rings (SSSR count). The second-order valence-electron chi connectivity index (χ2n) is 3.99. The monoisotopic (exact) mass is 206 g/mol. The summed E-state index contributed by atoms with van der Waals surface area (Å²) in [7, 11) is 3.74. The number of anilines is 1.